The van der Waals surface area contributed by atoms with E-state index < -0.39 is 0 Å². The van der Waals surface area contributed by atoms with E-state index in [9.17, 15) is 5.11 Å². The number of methoxy groups -OCH3 is 1. The molecule has 0 aliphatic carbocycles. The summed E-state index contributed by atoms with van der Waals surface area (Å²) >= 11 is 6.05. The minimum absolute atomic E-state index is 0.126. The van der Waals surface area contributed by atoms with E-state index >= 15 is 0 Å². The van der Waals surface area contributed by atoms with E-state index in [4.69, 9.17) is 16.3 Å². The van der Waals surface area contributed by atoms with Gasteiger partial charge in [-0.15, -0.1) is 0 Å². The van der Waals surface area contributed by atoms with E-state index in [0.29, 0.717) is 22.9 Å². The Hall–Kier alpha value is -1.87. The van der Waals surface area contributed by atoms with Crippen molar-refractivity contribution in [1.29, 1.82) is 0 Å². The van der Waals surface area contributed by atoms with E-state index in [1.807, 2.05) is 0 Å². The van der Waals surface area contributed by atoms with Crippen molar-refractivity contribution in [3.05, 3.63) is 52.0 Å². The van der Waals surface area contributed by atoms with Gasteiger partial charge in [0.05, 0.1) is 7.11 Å². The van der Waals surface area contributed by atoms with Crippen LogP contribution in [0.2, 0.25) is 5.02 Å². The maximum Gasteiger partial charge on any atom is 0.162 e. The molecule has 2 N–H and O–H groups in total. The third-order valence-electron chi connectivity index (χ3n) is 3.53. The minimum Gasteiger partial charge on any atom is -0.504 e. The van der Waals surface area contributed by atoms with Gasteiger partial charge in [-0.1, -0.05) is 36.7 Å². The number of phenols is 1. The summed E-state index contributed by atoms with van der Waals surface area (Å²) < 4.78 is 5.12. The fourth-order valence-electron chi connectivity index (χ4n) is 2.38. The van der Waals surface area contributed by atoms with Crippen LogP contribution < -0.4 is 10.1 Å². The second-order valence-corrected chi connectivity index (χ2v) is 5.37. The number of benzene rings is 2. The molecule has 0 aromatic heterocycles. The van der Waals surface area contributed by atoms with E-state index in [-0.39, 0.29) is 5.75 Å². The first-order valence-electron chi connectivity index (χ1n) is 6.94. The van der Waals surface area contributed by atoms with Gasteiger partial charge in [0.2, 0.25) is 0 Å². The lowest BCUT2D eigenvalue weighted by atomic mass is 10.1. The number of rotatable bonds is 5. The zero-order valence-corrected chi connectivity index (χ0v) is 13.3. The van der Waals surface area contributed by atoms with Gasteiger partial charge in [-0.2, -0.15) is 0 Å². The first-order valence-corrected chi connectivity index (χ1v) is 7.32. The van der Waals surface area contributed by atoms with Gasteiger partial charge >= 0.3 is 0 Å². The van der Waals surface area contributed by atoms with Crippen LogP contribution in [0.25, 0.3) is 0 Å². The fourth-order valence-corrected chi connectivity index (χ4v) is 2.61. The molecule has 0 saturated carbocycles. The lowest BCUT2D eigenvalue weighted by molar-refractivity contribution is 0.371. The van der Waals surface area contributed by atoms with Crippen molar-refractivity contribution in [3.8, 4) is 11.5 Å². The number of halogens is 1. The van der Waals surface area contributed by atoms with Crippen molar-refractivity contribution in [2.75, 3.05) is 12.4 Å². The SMILES string of the molecule is CCc1cccc(C)c1NCc1cc(Cl)cc(OC)c1O. The Morgan fingerprint density at radius 3 is 2.67 bits per heavy atom. The van der Waals surface area contributed by atoms with Gasteiger partial charge in [0, 0.05) is 28.9 Å². The normalized spacial score (nSPS) is 10.5. The second kappa shape index (κ2) is 6.72. The highest BCUT2D eigenvalue weighted by molar-refractivity contribution is 6.30. The molecule has 0 spiro atoms. The van der Waals surface area contributed by atoms with E-state index in [1.165, 1.54) is 18.2 Å². The molecule has 0 atom stereocenters. The molecule has 0 bridgehead atoms. The smallest absolute Gasteiger partial charge is 0.162 e. The molecule has 0 amide bonds. The summed E-state index contributed by atoms with van der Waals surface area (Å²) in [6.07, 6.45) is 0.953. The number of para-hydroxylation sites is 1. The summed E-state index contributed by atoms with van der Waals surface area (Å²) in [6, 6.07) is 9.58. The second-order valence-electron chi connectivity index (χ2n) is 4.93. The third kappa shape index (κ3) is 3.42. The quantitative estimate of drug-likeness (QED) is 0.852. The van der Waals surface area contributed by atoms with Crippen LogP contribution in [0.1, 0.15) is 23.6 Å². The molecule has 0 unspecified atom stereocenters. The average Bonchev–Trinajstić information content (AvgIpc) is 2.48. The molecule has 2 rings (SSSR count). The molecule has 2 aromatic rings. The Balaban J connectivity index is 2.27. The highest BCUT2D eigenvalue weighted by Crippen LogP contribution is 2.34. The Bertz CT molecular complexity index is 641. The molecule has 0 saturated heterocycles. The van der Waals surface area contributed by atoms with Gasteiger partial charge in [-0.25, -0.2) is 0 Å². The van der Waals surface area contributed by atoms with Crippen LogP contribution in [0.5, 0.6) is 11.5 Å². The first kappa shape index (κ1) is 15.5. The molecule has 0 aliphatic rings. The molecule has 3 nitrogen and oxygen atoms in total. The Morgan fingerprint density at radius 2 is 2.00 bits per heavy atom. The number of hydrogen-bond donors (Lipinski definition) is 2. The number of phenolic OH excluding ortho intramolecular Hbond substituents is 1. The molecule has 0 heterocycles. The first-order chi connectivity index (χ1) is 10.1. The predicted molar refractivity (Wildman–Crippen MR) is 87.6 cm³/mol. The maximum atomic E-state index is 10.2. The van der Waals surface area contributed by atoms with Crippen molar-refractivity contribution in [3.63, 3.8) is 0 Å². The molecular formula is C17H20ClNO2. The lowest BCUT2D eigenvalue weighted by Gasteiger charge is -2.16. The van der Waals surface area contributed by atoms with Crippen molar-refractivity contribution in [2.45, 2.75) is 26.8 Å². The van der Waals surface area contributed by atoms with Gasteiger partial charge in [0.25, 0.3) is 0 Å². The van der Waals surface area contributed by atoms with Crippen LogP contribution in [0.15, 0.2) is 30.3 Å². The molecular weight excluding hydrogens is 286 g/mol. The van der Waals surface area contributed by atoms with Crippen LogP contribution in [-0.2, 0) is 13.0 Å². The van der Waals surface area contributed by atoms with Gasteiger partial charge in [-0.05, 0) is 30.5 Å². The van der Waals surface area contributed by atoms with Crippen LogP contribution in [0, 0.1) is 6.92 Å². The minimum atomic E-state index is 0.126. The Morgan fingerprint density at radius 1 is 1.24 bits per heavy atom. The van der Waals surface area contributed by atoms with Crippen molar-refractivity contribution >= 4 is 17.3 Å². The summed E-state index contributed by atoms with van der Waals surface area (Å²) in [7, 11) is 1.51. The summed E-state index contributed by atoms with van der Waals surface area (Å²) in [5.74, 6) is 0.515. The van der Waals surface area contributed by atoms with E-state index in [1.54, 1.807) is 12.1 Å². The standard InChI is InChI=1S/C17H20ClNO2/c1-4-12-7-5-6-11(2)16(12)19-10-13-8-14(18)9-15(21-3)17(13)20/h5-9,19-20H,4,10H2,1-3H3. The van der Waals surface area contributed by atoms with E-state index in [2.05, 4.69) is 37.4 Å². The number of aryl methyl sites for hydroxylation is 2. The molecule has 4 heteroatoms. The number of ether oxygens (including phenoxy) is 1. The number of hydrogen-bond acceptors (Lipinski definition) is 3. The average molecular weight is 306 g/mol. The van der Waals surface area contributed by atoms with Crippen LogP contribution >= 0.6 is 11.6 Å². The Labute approximate surface area is 130 Å². The van der Waals surface area contributed by atoms with E-state index in [0.717, 1.165) is 12.1 Å². The molecule has 21 heavy (non-hydrogen) atoms. The Kier molecular flexibility index (Phi) is 4.97. The number of aromatic hydroxyl groups is 1. The van der Waals surface area contributed by atoms with Gasteiger partial charge < -0.3 is 15.2 Å². The zero-order valence-electron chi connectivity index (χ0n) is 12.5. The third-order valence-corrected chi connectivity index (χ3v) is 3.75. The molecule has 0 fully saturated rings. The van der Waals surface area contributed by atoms with Crippen LogP contribution in [0.4, 0.5) is 5.69 Å². The summed E-state index contributed by atoms with van der Waals surface area (Å²) in [5, 5.41) is 14.1. The van der Waals surface area contributed by atoms with Crippen molar-refractivity contribution in [1.82, 2.24) is 0 Å². The number of anilines is 1. The highest BCUT2D eigenvalue weighted by atomic mass is 35.5. The van der Waals surface area contributed by atoms with Crippen LogP contribution in [0.3, 0.4) is 0 Å². The zero-order chi connectivity index (χ0) is 15.4. The maximum absolute atomic E-state index is 10.2. The molecule has 112 valence electrons. The number of nitrogens with one attached hydrogen (secondary N) is 1. The van der Waals surface area contributed by atoms with Crippen molar-refractivity contribution in [2.24, 2.45) is 0 Å². The highest BCUT2D eigenvalue weighted by Gasteiger charge is 2.11. The topological polar surface area (TPSA) is 41.5 Å². The molecule has 0 radical (unpaired) electrons. The lowest BCUT2D eigenvalue weighted by Crippen LogP contribution is -2.04. The fraction of sp³-hybridized carbons (Fsp3) is 0.294. The van der Waals surface area contributed by atoms with Gasteiger partial charge in [-0.3, -0.25) is 0 Å². The van der Waals surface area contributed by atoms with Gasteiger partial charge in [0.15, 0.2) is 11.5 Å². The van der Waals surface area contributed by atoms with Crippen LogP contribution in [-0.4, -0.2) is 12.2 Å². The predicted octanol–water partition coefficient (Wildman–Crippen LogP) is 4.54. The monoisotopic (exact) mass is 305 g/mol. The summed E-state index contributed by atoms with van der Waals surface area (Å²) in [6.45, 7) is 4.68. The molecule has 0 aliphatic heterocycles. The largest absolute Gasteiger partial charge is 0.504 e. The van der Waals surface area contributed by atoms with Crippen molar-refractivity contribution < 1.29 is 9.84 Å². The summed E-state index contributed by atoms with van der Waals surface area (Å²) in [4.78, 5) is 0. The summed E-state index contributed by atoms with van der Waals surface area (Å²) in [5.41, 5.74) is 4.26. The molecule has 2 aromatic carbocycles. The van der Waals surface area contributed by atoms with Gasteiger partial charge in [0.1, 0.15) is 0 Å².